The highest BCUT2D eigenvalue weighted by Crippen LogP contribution is 2.06. The molecule has 0 amide bonds. The average Bonchev–Trinajstić information content (AvgIpc) is 2.20. The minimum absolute atomic E-state index is 0.176. The normalized spacial score (nSPS) is 8.40. The predicted octanol–water partition coefficient (Wildman–Crippen LogP) is 2.55. The molecule has 0 saturated heterocycles. The number of carboxylic acids is 1. The minimum atomic E-state index is -0.935. The number of aliphatic carboxylic acids is 1. The summed E-state index contributed by atoms with van der Waals surface area (Å²) in [6.07, 6.45) is 0. The molecule has 1 N–H and O–H groups in total. The van der Waals surface area contributed by atoms with E-state index in [4.69, 9.17) is 9.84 Å². The first kappa shape index (κ1) is 13.2. The van der Waals surface area contributed by atoms with Crippen LogP contribution in [0.15, 0.2) is 42.5 Å². The van der Waals surface area contributed by atoms with Gasteiger partial charge in [0.2, 0.25) is 0 Å². The van der Waals surface area contributed by atoms with Gasteiger partial charge in [-0.2, -0.15) is 0 Å². The van der Waals surface area contributed by atoms with Crippen molar-refractivity contribution in [2.24, 2.45) is 0 Å². The quantitative estimate of drug-likeness (QED) is 0.775. The van der Waals surface area contributed by atoms with Crippen LogP contribution < -0.4 is 4.74 Å². The Hall–Kier alpha value is -1.77. The fraction of sp³-hybridized carbons (Fsp3) is 0.167. The third-order valence-corrected chi connectivity index (χ3v) is 1.38. The molecular weight excluding hydrogens is 192 g/mol. The maximum absolute atomic E-state index is 9.60. The summed E-state index contributed by atoms with van der Waals surface area (Å²) >= 11 is 0. The molecule has 1 aromatic carbocycles. The first-order chi connectivity index (χ1) is 7.07. The minimum Gasteiger partial charge on any atom is -0.494 e. The maximum Gasteiger partial charge on any atom is 0.330 e. The van der Waals surface area contributed by atoms with Crippen molar-refractivity contribution in [1.82, 2.24) is 0 Å². The Bertz CT molecular complexity index is 292. The van der Waals surface area contributed by atoms with Gasteiger partial charge in [-0.25, -0.2) is 4.79 Å². The van der Waals surface area contributed by atoms with Gasteiger partial charge in [0.05, 0.1) is 6.61 Å². The van der Waals surface area contributed by atoms with Crippen molar-refractivity contribution in [2.75, 3.05) is 6.61 Å². The van der Waals surface area contributed by atoms with Crippen molar-refractivity contribution in [3.05, 3.63) is 49.4 Å². The van der Waals surface area contributed by atoms with Crippen LogP contribution in [-0.4, -0.2) is 17.7 Å². The van der Waals surface area contributed by atoms with Gasteiger partial charge in [-0.15, -0.1) is 0 Å². The van der Waals surface area contributed by atoms with E-state index in [1.807, 2.05) is 30.3 Å². The molecule has 1 rings (SSSR count). The van der Waals surface area contributed by atoms with Gasteiger partial charge in [-0.05, 0) is 26.0 Å². The third-order valence-electron chi connectivity index (χ3n) is 1.38. The molecule has 0 saturated carbocycles. The van der Waals surface area contributed by atoms with Crippen molar-refractivity contribution in [3.63, 3.8) is 0 Å². The zero-order valence-electron chi connectivity index (χ0n) is 8.77. The second kappa shape index (κ2) is 7.62. The average molecular weight is 207 g/mol. The summed E-state index contributed by atoms with van der Waals surface area (Å²) in [6, 6.07) is 9.64. The summed E-state index contributed by atoms with van der Waals surface area (Å²) in [5.74, 6) is -0.0532. The molecule has 0 fully saturated rings. The van der Waals surface area contributed by atoms with Crippen LogP contribution in [0.1, 0.15) is 6.92 Å². The predicted molar refractivity (Wildman–Crippen MR) is 59.7 cm³/mol. The van der Waals surface area contributed by atoms with Crippen LogP contribution in [0.5, 0.6) is 5.75 Å². The first-order valence-electron chi connectivity index (χ1n) is 4.43. The summed E-state index contributed by atoms with van der Waals surface area (Å²) in [5.41, 5.74) is 0.176. The Morgan fingerprint density at radius 1 is 1.40 bits per heavy atom. The molecule has 0 unspecified atom stereocenters. The van der Waals surface area contributed by atoms with Crippen molar-refractivity contribution in [3.8, 4) is 5.75 Å². The number of benzene rings is 1. The molecule has 0 heterocycles. The van der Waals surface area contributed by atoms with Gasteiger partial charge in [0.25, 0.3) is 0 Å². The first-order valence-corrected chi connectivity index (χ1v) is 4.43. The second-order valence-electron chi connectivity index (χ2n) is 2.75. The molecule has 0 aromatic heterocycles. The molecule has 1 radical (unpaired) electrons. The largest absolute Gasteiger partial charge is 0.494 e. The summed E-state index contributed by atoms with van der Waals surface area (Å²) in [7, 11) is 0. The number of hydrogen-bond acceptors (Lipinski definition) is 2. The lowest BCUT2D eigenvalue weighted by Crippen LogP contribution is -1.92. The maximum atomic E-state index is 9.60. The van der Waals surface area contributed by atoms with E-state index in [9.17, 15) is 4.79 Å². The topological polar surface area (TPSA) is 46.5 Å². The molecule has 0 spiro atoms. The van der Waals surface area contributed by atoms with Crippen molar-refractivity contribution >= 4 is 5.97 Å². The summed E-state index contributed by atoms with van der Waals surface area (Å²) in [6.45, 7) is 8.65. The lowest BCUT2D eigenvalue weighted by atomic mass is 10.3. The van der Waals surface area contributed by atoms with Crippen molar-refractivity contribution < 1.29 is 14.6 Å². The highest BCUT2D eigenvalue weighted by Gasteiger charge is 1.90. The number of ether oxygens (including phenoxy) is 1. The van der Waals surface area contributed by atoms with E-state index in [-0.39, 0.29) is 5.57 Å². The van der Waals surface area contributed by atoms with Gasteiger partial charge in [0, 0.05) is 5.57 Å². The molecule has 1 aromatic rings. The number of hydrogen-bond donors (Lipinski definition) is 1. The van der Waals surface area contributed by atoms with E-state index in [1.165, 1.54) is 6.92 Å². The lowest BCUT2D eigenvalue weighted by molar-refractivity contribution is -0.132. The van der Waals surface area contributed by atoms with Crippen molar-refractivity contribution in [2.45, 2.75) is 6.92 Å². The van der Waals surface area contributed by atoms with E-state index >= 15 is 0 Å². The van der Waals surface area contributed by atoms with E-state index in [0.29, 0.717) is 6.61 Å². The number of carbonyl (C=O) groups is 1. The van der Waals surface area contributed by atoms with Gasteiger partial charge >= 0.3 is 5.97 Å². The Morgan fingerprint density at radius 2 is 1.87 bits per heavy atom. The zero-order valence-corrected chi connectivity index (χ0v) is 8.77. The fourth-order valence-electron chi connectivity index (χ4n) is 0.635. The lowest BCUT2D eigenvalue weighted by Gasteiger charge is -1.99. The monoisotopic (exact) mass is 207 g/mol. The van der Waals surface area contributed by atoms with Gasteiger partial charge < -0.3 is 9.84 Å². The Morgan fingerprint density at radius 3 is 2.20 bits per heavy atom. The van der Waals surface area contributed by atoms with Crippen LogP contribution in [0.25, 0.3) is 0 Å². The molecule has 0 aliphatic heterocycles. The Balaban J connectivity index is 0.000000288. The van der Waals surface area contributed by atoms with Crippen LogP contribution in [0.3, 0.4) is 0 Å². The zero-order chi connectivity index (χ0) is 11.7. The molecule has 3 nitrogen and oxygen atoms in total. The Kier molecular flexibility index (Phi) is 6.72. The van der Waals surface area contributed by atoms with Crippen LogP contribution in [0.4, 0.5) is 0 Å². The van der Waals surface area contributed by atoms with Gasteiger partial charge in [-0.1, -0.05) is 24.8 Å². The van der Waals surface area contributed by atoms with Crippen molar-refractivity contribution in [1.29, 1.82) is 0 Å². The summed E-state index contributed by atoms with van der Waals surface area (Å²) in [4.78, 5) is 9.60. The molecule has 15 heavy (non-hydrogen) atoms. The number of carboxylic acid groups (broad SMARTS) is 1. The summed E-state index contributed by atoms with van der Waals surface area (Å²) < 4.78 is 5.09. The fourth-order valence-corrected chi connectivity index (χ4v) is 0.635. The molecule has 0 atom stereocenters. The van der Waals surface area contributed by atoms with E-state index in [0.717, 1.165) is 5.75 Å². The second-order valence-corrected chi connectivity index (χ2v) is 2.75. The van der Waals surface area contributed by atoms with Gasteiger partial charge in [0.15, 0.2) is 0 Å². The van der Waals surface area contributed by atoms with E-state index in [1.54, 1.807) is 0 Å². The Labute approximate surface area is 90.0 Å². The standard InChI is InChI=1S/C8H9O.C4H6O2/c1-2-9-8-6-4-3-5-7-8;1-3(2)4(5)6/h3-7H,1-2H2;1H2,2H3,(H,5,6). The number of para-hydroxylation sites is 1. The van der Waals surface area contributed by atoms with Crippen LogP contribution >= 0.6 is 0 Å². The van der Waals surface area contributed by atoms with E-state index in [2.05, 4.69) is 13.5 Å². The highest BCUT2D eigenvalue weighted by atomic mass is 16.5. The van der Waals surface area contributed by atoms with Gasteiger partial charge in [0.1, 0.15) is 5.75 Å². The number of rotatable bonds is 3. The molecule has 0 aliphatic carbocycles. The van der Waals surface area contributed by atoms with Crippen LogP contribution in [-0.2, 0) is 4.79 Å². The molecule has 0 aliphatic rings. The van der Waals surface area contributed by atoms with E-state index < -0.39 is 5.97 Å². The van der Waals surface area contributed by atoms with Crippen LogP contribution in [0, 0.1) is 6.92 Å². The molecule has 0 bridgehead atoms. The summed E-state index contributed by atoms with van der Waals surface area (Å²) in [5, 5.41) is 7.89. The van der Waals surface area contributed by atoms with Gasteiger partial charge in [-0.3, -0.25) is 0 Å². The molecule has 81 valence electrons. The SMILES string of the molecule is C=C(C)C(=O)O.[CH2]COc1ccccc1. The molecule has 3 heteroatoms. The smallest absolute Gasteiger partial charge is 0.330 e. The molecular formula is C12H15O3. The van der Waals surface area contributed by atoms with Crippen LogP contribution in [0.2, 0.25) is 0 Å². The highest BCUT2D eigenvalue weighted by molar-refractivity contribution is 5.84. The third kappa shape index (κ3) is 7.31.